The van der Waals surface area contributed by atoms with Crippen molar-refractivity contribution in [1.82, 2.24) is 10.2 Å². The zero-order valence-electron chi connectivity index (χ0n) is 13.2. The number of hydrogen-bond acceptors (Lipinski definition) is 2. The van der Waals surface area contributed by atoms with E-state index in [1.807, 2.05) is 13.0 Å². The van der Waals surface area contributed by atoms with Crippen LogP contribution in [0.4, 0.5) is 4.79 Å². The van der Waals surface area contributed by atoms with Gasteiger partial charge in [0.05, 0.1) is 18.2 Å². The van der Waals surface area contributed by atoms with E-state index in [2.05, 4.69) is 23.5 Å². The molecule has 1 aromatic carbocycles. The van der Waals surface area contributed by atoms with Crippen molar-refractivity contribution in [2.75, 3.05) is 13.1 Å². The predicted molar refractivity (Wildman–Crippen MR) is 84.2 cm³/mol. The van der Waals surface area contributed by atoms with E-state index < -0.39 is 5.60 Å². The minimum atomic E-state index is -0.877. The van der Waals surface area contributed by atoms with Gasteiger partial charge in [-0.15, -0.1) is 0 Å². The van der Waals surface area contributed by atoms with Crippen LogP contribution in [0.5, 0.6) is 0 Å². The van der Waals surface area contributed by atoms with Gasteiger partial charge in [0.2, 0.25) is 0 Å². The van der Waals surface area contributed by atoms with Crippen LogP contribution in [-0.4, -0.2) is 34.7 Å². The summed E-state index contributed by atoms with van der Waals surface area (Å²) in [5.74, 6) is 0. The van der Waals surface area contributed by atoms with E-state index in [0.29, 0.717) is 13.1 Å². The van der Waals surface area contributed by atoms with Gasteiger partial charge in [-0.1, -0.05) is 24.3 Å². The Labute approximate surface area is 127 Å². The molecule has 21 heavy (non-hydrogen) atoms. The third kappa shape index (κ3) is 4.21. The average molecular weight is 290 g/mol. The van der Waals surface area contributed by atoms with Crippen LogP contribution in [0.15, 0.2) is 24.3 Å². The minimum Gasteiger partial charge on any atom is -0.389 e. The second-order valence-corrected chi connectivity index (χ2v) is 6.42. The molecular formula is C17H26N2O2. The fourth-order valence-corrected chi connectivity index (χ4v) is 2.94. The normalized spacial score (nSPS) is 18.0. The Morgan fingerprint density at radius 2 is 2.14 bits per heavy atom. The van der Waals surface area contributed by atoms with Gasteiger partial charge < -0.3 is 15.3 Å². The molecule has 0 saturated heterocycles. The van der Waals surface area contributed by atoms with E-state index in [-0.39, 0.29) is 12.1 Å². The zero-order valence-corrected chi connectivity index (χ0v) is 13.2. The van der Waals surface area contributed by atoms with E-state index in [1.165, 1.54) is 11.1 Å². The van der Waals surface area contributed by atoms with E-state index in [1.54, 1.807) is 18.7 Å². The van der Waals surface area contributed by atoms with Crippen LogP contribution >= 0.6 is 0 Å². The summed E-state index contributed by atoms with van der Waals surface area (Å²) in [6.45, 7) is 6.30. The summed E-state index contributed by atoms with van der Waals surface area (Å²) in [5, 5.41) is 13.0. The molecule has 1 aliphatic rings. The number of nitrogens with one attached hydrogen (secondary N) is 1. The van der Waals surface area contributed by atoms with Crippen LogP contribution in [0.1, 0.15) is 50.8 Å². The molecule has 0 aliphatic heterocycles. The molecular weight excluding hydrogens is 264 g/mol. The van der Waals surface area contributed by atoms with Gasteiger partial charge in [0.15, 0.2) is 0 Å². The molecule has 1 atom stereocenters. The number of carbonyl (C=O) groups excluding carboxylic acids is 1. The molecule has 116 valence electrons. The number of nitrogens with zero attached hydrogens (tertiary/aromatic N) is 1. The van der Waals surface area contributed by atoms with Crippen LogP contribution < -0.4 is 5.32 Å². The number of fused-ring (bicyclic) bond motifs is 1. The summed E-state index contributed by atoms with van der Waals surface area (Å²) >= 11 is 0. The highest BCUT2D eigenvalue weighted by Crippen LogP contribution is 2.29. The van der Waals surface area contributed by atoms with Gasteiger partial charge in [-0.25, -0.2) is 4.79 Å². The molecule has 4 nitrogen and oxygen atoms in total. The van der Waals surface area contributed by atoms with Crippen molar-refractivity contribution >= 4 is 6.03 Å². The lowest BCUT2D eigenvalue weighted by atomic mass is 9.88. The van der Waals surface area contributed by atoms with Crippen molar-refractivity contribution in [3.05, 3.63) is 35.4 Å². The maximum atomic E-state index is 12.4. The predicted octanol–water partition coefficient (Wildman–Crippen LogP) is 2.87. The fraction of sp³-hybridized carbons (Fsp3) is 0.588. The first-order valence-electron chi connectivity index (χ1n) is 7.76. The van der Waals surface area contributed by atoms with E-state index in [9.17, 15) is 9.90 Å². The Bertz CT molecular complexity index is 494. The average Bonchev–Trinajstić information content (AvgIpc) is 2.44. The third-order valence-corrected chi connectivity index (χ3v) is 3.91. The molecule has 0 fully saturated rings. The van der Waals surface area contributed by atoms with Gasteiger partial charge >= 0.3 is 6.03 Å². The Morgan fingerprint density at radius 3 is 2.81 bits per heavy atom. The molecule has 0 spiro atoms. The summed E-state index contributed by atoms with van der Waals surface area (Å²) in [6.07, 6.45) is 3.16. The second-order valence-electron chi connectivity index (χ2n) is 6.42. The highest BCUT2D eigenvalue weighted by molar-refractivity contribution is 5.75. The van der Waals surface area contributed by atoms with E-state index in [4.69, 9.17) is 0 Å². The molecule has 1 unspecified atom stereocenters. The third-order valence-electron chi connectivity index (χ3n) is 3.91. The summed E-state index contributed by atoms with van der Waals surface area (Å²) in [6, 6.07) is 8.31. The molecule has 1 aromatic rings. The summed E-state index contributed by atoms with van der Waals surface area (Å²) in [7, 11) is 0. The maximum Gasteiger partial charge on any atom is 0.317 e. The molecule has 2 amide bonds. The van der Waals surface area contributed by atoms with Crippen molar-refractivity contribution in [3.63, 3.8) is 0 Å². The number of rotatable bonds is 4. The molecule has 0 bridgehead atoms. The largest absolute Gasteiger partial charge is 0.389 e. The summed E-state index contributed by atoms with van der Waals surface area (Å²) in [5.41, 5.74) is 1.69. The smallest absolute Gasteiger partial charge is 0.317 e. The molecule has 2 rings (SSSR count). The van der Waals surface area contributed by atoms with Crippen molar-refractivity contribution in [1.29, 1.82) is 0 Å². The minimum absolute atomic E-state index is 0.0818. The first kappa shape index (κ1) is 15.8. The van der Waals surface area contributed by atoms with Crippen LogP contribution in [-0.2, 0) is 6.42 Å². The molecule has 1 aliphatic carbocycles. The number of amides is 2. The Balaban J connectivity index is 2.06. The first-order chi connectivity index (χ1) is 9.90. The molecule has 2 N–H and O–H groups in total. The maximum absolute atomic E-state index is 12.4. The lowest BCUT2D eigenvalue weighted by Crippen LogP contribution is -2.48. The van der Waals surface area contributed by atoms with Crippen molar-refractivity contribution in [2.24, 2.45) is 0 Å². The Hall–Kier alpha value is -1.55. The van der Waals surface area contributed by atoms with Gasteiger partial charge in [0.1, 0.15) is 0 Å². The van der Waals surface area contributed by atoms with Gasteiger partial charge in [-0.05, 0) is 51.2 Å². The Kier molecular flexibility index (Phi) is 4.88. The monoisotopic (exact) mass is 290 g/mol. The number of aliphatic hydroxyl groups is 1. The highest BCUT2D eigenvalue weighted by atomic mass is 16.3. The standard InChI is InChI=1S/C17H26N2O2/c1-4-19(12-17(2,3)21)16(20)18-15-11-7-9-13-8-5-6-10-14(13)15/h5-6,8,10,15,21H,4,7,9,11-12H2,1-3H3,(H,18,20). The van der Waals surface area contributed by atoms with Crippen LogP contribution in [0, 0.1) is 0 Å². The number of carbonyl (C=O) groups is 1. The molecule has 0 aromatic heterocycles. The number of urea groups is 1. The van der Waals surface area contributed by atoms with Crippen LogP contribution in [0.3, 0.4) is 0 Å². The zero-order chi connectivity index (χ0) is 15.5. The topological polar surface area (TPSA) is 52.6 Å². The first-order valence-corrected chi connectivity index (χ1v) is 7.76. The van der Waals surface area contributed by atoms with E-state index in [0.717, 1.165) is 19.3 Å². The fourth-order valence-electron chi connectivity index (χ4n) is 2.94. The van der Waals surface area contributed by atoms with Gasteiger partial charge in [-0.3, -0.25) is 0 Å². The summed E-state index contributed by atoms with van der Waals surface area (Å²) in [4.78, 5) is 14.1. The van der Waals surface area contributed by atoms with Gasteiger partial charge in [0, 0.05) is 6.54 Å². The quantitative estimate of drug-likeness (QED) is 0.896. The second kappa shape index (κ2) is 6.48. The Morgan fingerprint density at radius 1 is 1.43 bits per heavy atom. The lowest BCUT2D eigenvalue weighted by Gasteiger charge is -2.32. The van der Waals surface area contributed by atoms with Crippen LogP contribution in [0.2, 0.25) is 0 Å². The summed E-state index contributed by atoms with van der Waals surface area (Å²) < 4.78 is 0. The molecule has 0 saturated carbocycles. The van der Waals surface area contributed by atoms with Gasteiger partial charge in [0.25, 0.3) is 0 Å². The van der Waals surface area contributed by atoms with Crippen LogP contribution in [0.25, 0.3) is 0 Å². The molecule has 4 heteroatoms. The molecule has 0 heterocycles. The van der Waals surface area contributed by atoms with E-state index >= 15 is 0 Å². The molecule has 0 radical (unpaired) electrons. The van der Waals surface area contributed by atoms with Gasteiger partial charge in [-0.2, -0.15) is 0 Å². The number of aryl methyl sites for hydroxylation is 1. The number of hydrogen-bond donors (Lipinski definition) is 2. The SMILES string of the molecule is CCN(CC(C)(C)O)C(=O)NC1CCCc2ccccc21. The van der Waals surface area contributed by atoms with Crippen molar-refractivity contribution < 1.29 is 9.90 Å². The highest BCUT2D eigenvalue weighted by Gasteiger charge is 2.25. The van der Waals surface area contributed by atoms with Crippen molar-refractivity contribution in [3.8, 4) is 0 Å². The number of benzene rings is 1. The number of likely N-dealkylation sites (N-methyl/N-ethyl adjacent to an activating group) is 1. The lowest BCUT2D eigenvalue weighted by molar-refractivity contribution is 0.0474. The van der Waals surface area contributed by atoms with Crippen molar-refractivity contribution in [2.45, 2.75) is 51.7 Å².